The number of hydrogen-bond acceptors (Lipinski definition) is 3. The summed E-state index contributed by atoms with van der Waals surface area (Å²) in [6, 6.07) is 6.50. The molecule has 0 aliphatic carbocycles. The second-order valence-electron chi connectivity index (χ2n) is 7.71. The SMILES string of the molecule is Cc1ccc(C)c(NC(=O)N2CCCC2CN2CC(C)OC(C)C2)c1. The molecule has 1 aromatic rings. The highest BCUT2D eigenvalue weighted by Gasteiger charge is 2.32. The van der Waals surface area contributed by atoms with Crippen molar-refractivity contribution >= 4 is 11.7 Å². The van der Waals surface area contributed by atoms with Crippen molar-refractivity contribution < 1.29 is 9.53 Å². The molecule has 3 atom stereocenters. The highest BCUT2D eigenvalue weighted by molar-refractivity contribution is 5.90. The van der Waals surface area contributed by atoms with Crippen molar-refractivity contribution in [1.82, 2.24) is 9.80 Å². The first kappa shape index (κ1) is 18.2. The Balaban J connectivity index is 1.62. The molecule has 25 heavy (non-hydrogen) atoms. The lowest BCUT2D eigenvalue weighted by Crippen LogP contribution is -2.51. The molecule has 0 bridgehead atoms. The lowest BCUT2D eigenvalue weighted by Gasteiger charge is -2.38. The summed E-state index contributed by atoms with van der Waals surface area (Å²) in [5.74, 6) is 0. The van der Waals surface area contributed by atoms with E-state index in [1.165, 1.54) is 0 Å². The van der Waals surface area contributed by atoms with Crippen LogP contribution in [0.3, 0.4) is 0 Å². The van der Waals surface area contributed by atoms with Crippen LogP contribution in [0.4, 0.5) is 10.5 Å². The number of nitrogens with zero attached hydrogens (tertiary/aromatic N) is 2. The molecule has 2 amide bonds. The number of nitrogens with one attached hydrogen (secondary N) is 1. The summed E-state index contributed by atoms with van der Waals surface area (Å²) in [5, 5.41) is 3.12. The molecule has 0 spiro atoms. The van der Waals surface area contributed by atoms with E-state index in [0.29, 0.717) is 6.04 Å². The molecular weight excluding hydrogens is 314 g/mol. The average Bonchev–Trinajstić information content (AvgIpc) is 2.98. The van der Waals surface area contributed by atoms with Gasteiger partial charge in [-0.2, -0.15) is 0 Å². The van der Waals surface area contributed by atoms with E-state index in [4.69, 9.17) is 4.74 Å². The van der Waals surface area contributed by atoms with Gasteiger partial charge in [-0.05, 0) is 57.7 Å². The van der Waals surface area contributed by atoms with Crippen LogP contribution in [0.1, 0.15) is 37.8 Å². The Hall–Kier alpha value is -1.59. The minimum atomic E-state index is 0.0329. The van der Waals surface area contributed by atoms with Crippen molar-refractivity contribution in [1.29, 1.82) is 0 Å². The third-order valence-electron chi connectivity index (χ3n) is 5.24. The molecule has 0 aromatic heterocycles. The summed E-state index contributed by atoms with van der Waals surface area (Å²) in [4.78, 5) is 17.3. The molecule has 2 aliphatic rings. The van der Waals surface area contributed by atoms with E-state index >= 15 is 0 Å². The van der Waals surface area contributed by atoms with Crippen molar-refractivity contribution in [2.24, 2.45) is 0 Å². The summed E-state index contributed by atoms with van der Waals surface area (Å²) in [6.07, 6.45) is 2.70. The van der Waals surface area contributed by atoms with E-state index in [1.54, 1.807) is 0 Å². The van der Waals surface area contributed by atoms with Crippen molar-refractivity contribution in [3.63, 3.8) is 0 Å². The van der Waals surface area contributed by atoms with E-state index in [9.17, 15) is 4.79 Å². The van der Waals surface area contributed by atoms with Gasteiger partial charge in [-0.25, -0.2) is 4.79 Å². The maximum atomic E-state index is 12.8. The maximum absolute atomic E-state index is 12.8. The standard InChI is InChI=1S/C20H31N3O2/c1-14-7-8-15(2)19(10-14)21-20(24)23-9-5-6-18(23)13-22-11-16(3)25-17(4)12-22/h7-8,10,16-18H,5-6,9,11-13H2,1-4H3,(H,21,24). The summed E-state index contributed by atoms with van der Waals surface area (Å²) in [7, 11) is 0. The predicted octanol–water partition coefficient (Wildman–Crippen LogP) is 3.41. The van der Waals surface area contributed by atoms with Gasteiger partial charge in [0.1, 0.15) is 0 Å². The maximum Gasteiger partial charge on any atom is 0.322 e. The Labute approximate surface area is 151 Å². The van der Waals surface area contributed by atoms with Crippen molar-refractivity contribution in [3.8, 4) is 0 Å². The summed E-state index contributed by atoms with van der Waals surface area (Å²) in [5.41, 5.74) is 3.19. The molecule has 138 valence electrons. The number of morpholine rings is 1. The zero-order valence-electron chi connectivity index (χ0n) is 15.9. The fourth-order valence-electron chi connectivity index (χ4n) is 4.08. The van der Waals surface area contributed by atoms with Crippen molar-refractivity contribution in [3.05, 3.63) is 29.3 Å². The number of anilines is 1. The Bertz CT molecular complexity index is 609. The van der Waals surface area contributed by atoms with E-state index in [-0.39, 0.29) is 18.2 Å². The molecule has 3 rings (SSSR count). The molecule has 0 radical (unpaired) electrons. The molecule has 2 fully saturated rings. The predicted molar refractivity (Wildman–Crippen MR) is 101 cm³/mol. The Kier molecular flexibility index (Phi) is 5.64. The van der Waals surface area contributed by atoms with E-state index in [1.807, 2.05) is 17.9 Å². The first-order chi connectivity index (χ1) is 11.9. The highest BCUT2D eigenvalue weighted by atomic mass is 16.5. The number of benzene rings is 1. The number of carbonyl (C=O) groups is 1. The van der Waals surface area contributed by atoms with E-state index in [2.05, 4.69) is 43.1 Å². The van der Waals surface area contributed by atoms with Gasteiger partial charge in [0.2, 0.25) is 0 Å². The summed E-state index contributed by atoms with van der Waals surface area (Å²) >= 11 is 0. The summed E-state index contributed by atoms with van der Waals surface area (Å²) < 4.78 is 5.82. The number of carbonyl (C=O) groups excluding carboxylic acids is 1. The molecule has 1 aromatic carbocycles. The molecular formula is C20H31N3O2. The molecule has 2 heterocycles. The Morgan fingerprint density at radius 2 is 1.96 bits per heavy atom. The number of aryl methyl sites for hydroxylation is 2. The van der Waals surface area contributed by atoms with Crippen LogP contribution in [0.15, 0.2) is 18.2 Å². The Morgan fingerprint density at radius 3 is 2.68 bits per heavy atom. The summed E-state index contributed by atoms with van der Waals surface area (Å²) in [6.45, 7) is 12.0. The van der Waals surface area contributed by atoms with Gasteiger partial charge >= 0.3 is 6.03 Å². The number of rotatable bonds is 3. The van der Waals surface area contributed by atoms with E-state index < -0.39 is 0 Å². The number of hydrogen-bond donors (Lipinski definition) is 1. The molecule has 3 unspecified atom stereocenters. The molecule has 2 saturated heterocycles. The van der Waals surface area contributed by atoms with Gasteiger partial charge in [0.25, 0.3) is 0 Å². The van der Waals surface area contributed by atoms with Gasteiger partial charge in [-0.1, -0.05) is 12.1 Å². The monoisotopic (exact) mass is 345 g/mol. The van der Waals surface area contributed by atoms with Crippen molar-refractivity contribution in [2.45, 2.75) is 58.8 Å². The number of likely N-dealkylation sites (tertiary alicyclic amines) is 1. The first-order valence-electron chi connectivity index (χ1n) is 9.45. The molecule has 5 nitrogen and oxygen atoms in total. The van der Waals surface area contributed by atoms with Crippen LogP contribution in [-0.4, -0.2) is 60.3 Å². The fourth-order valence-corrected chi connectivity index (χ4v) is 4.08. The largest absolute Gasteiger partial charge is 0.373 e. The van der Waals surface area contributed by atoms with E-state index in [0.717, 1.165) is 55.8 Å². The van der Waals surface area contributed by atoms with Gasteiger partial charge in [0.05, 0.1) is 12.2 Å². The van der Waals surface area contributed by atoms with Gasteiger partial charge in [0.15, 0.2) is 0 Å². The van der Waals surface area contributed by atoms with Gasteiger partial charge < -0.3 is 15.0 Å². The smallest absolute Gasteiger partial charge is 0.322 e. The first-order valence-corrected chi connectivity index (χ1v) is 9.45. The number of urea groups is 1. The molecule has 1 N–H and O–H groups in total. The second-order valence-corrected chi connectivity index (χ2v) is 7.71. The molecule has 0 saturated carbocycles. The van der Waals surface area contributed by atoms with Crippen LogP contribution >= 0.6 is 0 Å². The van der Waals surface area contributed by atoms with Gasteiger partial charge in [0, 0.05) is 37.9 Å². The van der Waals surface area contributed by atoms with Crippen LogP contribution in [-0.2, 0) is 4.74 Å². The minimum Gasteiger partial charge on any atom is -0.373 e. The third-order valence-corrected chi connectivity index (χ3v) is 5.24. The average molecular weight is 345 g/mol. The van der Waals surface area contributed by atoms with Gasteiger partial charge in [-0.15, -0.1) is 0 Å². The van der Waals surface area contributed by atoms with Gasteiger partial charge in [-0.3, -0.25) is 4.90 Å². The van der Waals surface area contributed by atoms with Crippen LogP contribution in [0.25, 0.3) is 0 Å². The quantitative estimate of drug-likeness (QED) is 0.913. The van der Waals surface area contributed by atoms with Crippen LogP contribution < -0.4 is 5.32 Å². The van der Waals surface area contributed by atoms with Crippen LogP contribution in [0, 0.1) is 13.8 Å². The van der Waals surface area contributed by atoms with Crippen LogP contribution in [0.2, 0.25) is 0 Å². The molecule has 5 heteroatoms. The van der Waals surface area contributed by atoms with Crippen LogP contribution in [0.5, 0.6) is 0 Å². The Morgan fingerprint density at radius 1 is 1.24 bits per heavy atom. The lowest BCUT2D eigenvalue weighted by molar-refractivity contribution is -0.0712. The number of amides is 2. The number of ether oxygens (including phenoxy) is 1. The fraction of sp³-hybridized carbons (Fsp3) is 0.650. The lowest BCUT2D eigenvalue weighted by atomic mass is 10.1. The topological polar surface area (TPSA) is 44.8 Å². The second kappa shape index (κ2) is 7.75. The third kappa shape index (κ3) is 4.53. The molecule has 2 aliphatic heterocycles. The zero-order chi connectivity index (χ0) is 18.0. The minimum absolute atomic E-state index is 0.0329. The van der Waals surface area contributed by atoms with Crippen molar-refractivity contribution in [2.75, 3.05) is 31.5 Å². The normalized spacial score (nSPS) is 27.5. The highest BCUT2D eigenvalue weighted by Crippen LogP contribution is 2.23. The zero-order valence-corrected chi connectivity index (χ0v) is 15.9.